The third-order valence-corrected chi connectivity index (χ3v) is 5.98. The molecule has 2 aromatic rings. The first-order valence-electron chi connectivity index (χ1n) is 7.56. The maximum absolute atomic E-state index is 12.4. The zero-order chi connectivity index (χ0) is 16.0. The second-order valence-electron chi connectivity index (χ2n) is 5.71. The molecule has 2 fully saturated rings. The topological polar surface area (TPSA) is 120 Å². The summed E-state index contributed by atoms with van der Waals surface area (Å²) in [6.07, 6.45) is 4.20. The number of fused-ring (bicyclic) bond motifs is 2. The molecule has 2 N–H and O–H groups in total. The molecule has 0 spiro atoms. The average molecular weight is 339 g/mol. The van der Waals surface area contributed by atoms with Gasteiger partial charge in [0.2, 0.25) is 6.35 Å². The fourth-order valence-electron chi connectivity index (χ4n) is 3.27. The molecule has 2 aliphatic rings. The highest BCUT2D eigenvalue weighted by Gasteiger charge is 2.49. The zero-order valence-corrected chi connectivity index (χ0v) is 13.6. The summed E-state index contributed by atoms with van der Waals surface area (Å²) in [5.41, 5.74) is 7.10. The lowest BCUT2D eigenvalue weighted by atomic mass is 10.2. The maximum Gasteiger partial charge on any atom is 0.264 e. The molecule has 4 atom stereocenters. The number of anilines is 1. The van der Waals surface area contributed by atoms with E-state index in [1.807, 2.05) is 4.57 Å². The summed E-state index contributed by atoms with van der Waals surface area (Å²) in [4.78, 5) is 24.9. The van der Waals surface area contributed by atoms with Gasteiger partial charge in [-0.1, -0.05) is 0 Å². The highest BCUT2D eigenvalue weighted by atomic mass is 31.2. The third kappa shape index (κ3) is 2.58. The zero-order valence-electron chi connectivity index (χ0n) is 12.7. The Morgan fingerprint density at radius 1 is 1.39 bits per heavy atom. The summed E-state index contributed by atoms with van der Waals surface area (Å²) in [5.74, 6) is 0.359. The number of nitrogens with zero attached hydrogens (tertiary/aromatic N) is 4. The van der Waals surface area contributed by atoms with Crippen molar-refractivity contribution in [3.8, 4) is 0 Å². The van der Waals surface area contributed by atoms with Gasteiger partial charge in [0.1, 0.15) is 17.9 Å². The highest BCUT2D eigenvalue weighted by molar-refractivity contribution is 7.59. The van der Waals surface area contributed by atoms with Crippen LogP contribution in [0.25, 0.3) is 11.2 Å². The van der Waals surface area contributed by atoms with Gasteiger partial charge in [0.15, 0.2) is 11.5 Å². The Morgan fingerprint density at radius 2 is 2.22 bits per heavy atom. The van der Waals surface area contributed by atoms with Crippen LogP contribution in [-0.4, -0.2) is 44.7 Å². The van der Waals surface area contributed by atoms with Gasteiger partial charge in [0.25, 0.3) is 7.94 Å². The molecule has 0 bridgehead atoms. The molecule has 2 aromatic heterocycles. The minimum Gasteiger partial charge on any atom is -0.630 e. The van der Waals surface area contributed by atoms with Crippen molar-refractivity contribution in [2.45, 2.75) is 38.0 Å². The van der Waals surface area contributed by atoms with Crippen molar-refractivity contribution in [3.05, 3.63) is 12.7 Å². The van der Waals surface area contributed by atoms with Gasteiger partial charge in [-0.15, -0.1) is 0 Å². The van der Waals surface area contributed by atoms with E-state index in [9.17, 15) is 4.89 Å². The van der Waals surface area contributed by atoms with E-state index in [1.54, 1.807) is 13.3 Å². The van der Waals surface area contributed by atoms with Crippen LogP contribution < -0.4 is 10.6 Å². The predicted molar refractivity (Wildman–Crippen MR) is 81.2 cm³/mol. The number of ether oxygens (including phenoxy) is 1. The molecule has 1 saturated heterocycles. The van der Waals surface area contributed by atoms with Crippen LogP contribution in [0.15, 0.2) is 12.7 Å². The van der Waals surface area contributed by atoms with E-state index in [2.05, 4.69) is 15.0 Å². The fraction of sp³-hybridized carbons (Fsp3) is 0.615. The summed E-state index contributed by atoms with van der Waals surface area (Å²) in [5, 5.41) is 0. The van der Waals surface area contributed by atoms with Crippen molar-refractivity contribution < 1.29 is 18.7 Å². The van der Waals surface area contributed by atoms with Crippen molar-refractivity contribution in [2.24, 2.45) is 0 Å². The Balaban J connectivity index is 1.57. The number of hydrogen-bond acceptors (Lipinski definition) is 8. The Hall–Kier alpha value is -1.38. The third-order valence-electron chi connectivity index (χ3n) is 4.27. The van der Waals surface area contributed by atoms with E-state index in [0.29, 0.717) is 30.0 Å². The summed E-state index contributed by atoms with van der Waals surface area (Å²) < 4.78 is 18.7. The maximum atomic E-state index is 12.4. The molecule has 1 saturated carbocycles. The molecule has 0 amide bonds. The van der Waals surface area contributed by atoms with E-state index < -0.39 is 7.94 Å². The average Bonchev–Trinajstić information content (AvgIpc) is 3.10. The minimum absolute atomic E-state index is 0.00845. The van der Waals surface area contributed by atoms with Gasteiger partial charge in [0, 0.05) is 12.5 Å². The van der Waals surface area contributed by atoms with Crippen molar-refractivity contribution in [3.63, 3.8) is 0 Å². The van der Waals surface area contributed by atoms with Crippen molar-refractivity contribution >= 4 is 24.9 Å². The van der Waals surface area contributed by atoms with Crippen LogP contribution in [0, 0.1) is 0 Å². The predicted octanol–water partition coefficient (Wildman–Crippen LogP) is 0.644. The number of imidazole rings is 1. The van der Waals surface area contributed by atoms with Crippen LogP contribution in [0.5, 0.6) is 0 Å². The largest absolute Gasteiger partial charge is 0.630 e. The molecule has 23 heavy (non-hydrogen) atoms. The van der Waals surface area contributed by atoms with Crippen LogP contribution in [-0.2, 0) is 13.8 Å². The Kier molecular flexibility index (Phi) is 3.70. The summed E-state index contributed by atoms with van der Waals surface area (Å²) in [7, 11) is -3.14. The van der Waals surface area contributed by atoms with E-state index >= 15 is 0 Å². The number of rotatable bonds is 3. The second-order valence-corrected chi connectivity index (χ2v) is 7.66. The van der Waals surface area contributed by atoms with Gasteiger partial charge < -0.3 is 19.9 Å². The van der Waals surface area contributed by atoms with Crippen molar-refractivity contribution in [1.29, 1.82) is 0 Å². The van der Waals surface area contributed by atoms with E-state index in [1.165, 1.54) is 6.33 Å². The first-order chi connectivity index (χ1) is 11.1. The normalized spacial score (nSPS) is 33.9. The SMILES string of the molecule is CCO[P+]1([O-])CO[C@H]2C[C@@H](n3cnc4c(N)ncnc43)C[C@@H]2O1. The standard InChI is InChI=1S/C13H18N5O4P/c1-2-21-23(19)7-20-9-3-8(4-10(9)22-23)18-6-17-11-12(14)15-5-16-13(11)18/h5-6,8-10H,2-4,7H2,1H3,(H2,14,15,16)/t8-,9+,10+,23?/m1/s1. The molecule has 1 aliphatic heterocycles. The molecule has 124 valence electrons. The number of hydrogen-bond donors (Lipinski definition) is 1. The molecule has 4 rings (SSSR count). The molecule has 1 unspecified atom stereocenters. The number of aromatic nitrogens is 4. The minimum atomic E-state index is -3.14. The van der Waals surface area contributed by atoms with E-state index in [4.69, 9.17) is 19.5 Å². The summed E-state index contributed by atoms with van der Waals surface area (Å²) >= 11 is 0. The van der Waals surface area contributed by atoms with Gasteiger partial charge in [-0.2, -0.15) is 0 Å². The lowest BCUT2D eigenvalue weighted by Gasteiger charge is -2.36. The molecule has 3 heterocycles. The Morgan fingerprint density at radius 3 is 3.04 bits per heavy atom. The molecular weight excluding hydrogens is 321 g/mol. The van der Waals surface area contributed by atoms with Crippen LogP contribution in [0.4, 0.5) is 5.82 Å². The first-order valence-corrected chi connectivity index (χ1v) is 9.29. The molecule has 0 aromatic carbocycles. The molecule has 0 radical (unpaired) electrons. The second kappa shape index (κ2) is 5.61. The van der Waals surface area contributed by atoms with Crippen LogP contribution >= 0.6 is 7.94 Å². The van der Waals surface area contributed by atoms with Gasteiger partial charge in [-0.05, 0) is 13.3 Å². The van der Waals surface area contributed by atoms with Gasteiger partial charge in [-0.3, -0.25) is 0 Å². The molecule has 1 aliphatic carbocycles. The smallest absolute Gasteiger partial charge is 0.264 e. The quantitative estimate of drug-likeness (QED) is 0.809. The van der Waals surface area contributed by atoms with Crippen molar-refractivity contribution in [2.75, 3.05) is 18.7 Å². The molecule has 10 heteroatoms. The Labute approximate surface area is 133 Å². The number of nitrogen functional groups attached to an aromatic ring is 1. The van der Waals surface area contributed by atoms with Crippen LogP contribution in [0.1, 0.15) is 25.8 Å². The first kappa shape index (κ1) is 15.2. The lowest BCUT2D eigenvalue weighted by Crippen LogP contribution is -2.37. The summed E-state index contributed by atoms with van der Waals surface area (Å²) in [6.45, 7) is 2.12. The summed E-state index contributed by atoms with van der Waals surface area (Å²) in [6, 6.07) is 0.0949. The highest BCUT2D eigenvalue weighted by Crippen LogP contribution is 2.59. The Bertz CT molecular complexity index is 727. The van der Waals surface area contributed by atoms with E-state index in [-0.39, 0.29) is 24.6 Å². The van der Waals surface area contributed by atoms with Gasteiger partial charge in [-0.25, -0.2) is 24.0 Å². The number of nitrogens with two attached hydrogens (primary N) is 1. The molecule has 9 nitrogen and oxygen atoms in total. The van der Waals surface area contributed by atoms with Crippen molar-refractivity contribution in [1.82, 2.24) is 19.5 Å². The fourth-order valence-corrected chi connectivity index (χ4v) is 4.87. The van der Waals surface area contributed by atoms with Gasteiger partial charge >= 0.3 is 0 Å². The lowest BCUT2D eigenvalue weighted by molar-refractivity contribution is -0.243. The molecular formula is C13H18N5O4P. The van der Waals surface area contributed by atoms with Gasteiger partial charge in [0.05, 0.1) is 19.0 Å². The monoisotopic (exact) mass is 339 g/mol. The van der Waals surface area contributed by atoms with Crippen LogP contribution in [0.2, 0.25) is 0 Å². The van der Waals surface area contributed by atoms with E-state index in [0.717, 1.165) is 6.42 Å². The van der Waals surface area contributed by atoms with Crippen LogP contribution in [0.3, 0.4) is 0 Å².